The van der Waals surface area contributed by atoms with Crippen LogP contribution in [0.2, 0.25) is 0 Å². The molecule has 4 nitrogen and oxygen atoms in total. The van der Waals surface area contributed by atoms with Crippen molar-refractivity contribution in [2.24, 2.45) is 0 Å². The molecule has 2 rings (SSSR count). The molecule has 0 saturated heterocycles. The van der Waals surface area contributed by atoms with Gasteiger partial charge in [-0.1, -0.05) is 13.0 Å². The third kappa shape index (κ3) is 3.60. The van der Waals surface area contributed by atoms with Crippen LogP contribution in [-0.2, 0) is 6.42 Å². The van der Waals surface area contributed by atoms with E-state index in [1.165, 1.54) is 0 Å². The molecule has 1 atom stereocenters. The summed E-state index contributed by atoms with van der Waals surface area (Å²) in [5, 5.41) is 11.3. The van der Waals surface area contributed by atoms with E-state index >= 15 is 0 Å². The topological polar surface area (TPSA) is 50.7 Å². The molecule has 18 heavy (non-hydrogen) atoms. The molecule has 0 aliphatic rings. The third-order valence-electron chi connectivity index (χ3n) is 2.79. The number of pyridine rings is 1. The lowest BCUT2D eigenvalue weighted by Crippen LogP contribution is -2.24. The molecule has 1 N–H and O–H groups in total. The first kappa shape index (κ1) is 12.6. The van der Waals surface area contributed by atoms with E-state index in [2.05, 4.69) is 33.5 Å². The minimum atomic E-state index is 0.246. The van der Waals surface area contributed by atoms with Gasteiger partial charge in [-0.3, -0.25) is 4.98 Å². The zero-order valence-corrected chi connectivity index (χ0v) is 10.6. The van der Waals surface area contributed by atoms with Crippen molar-refractivity contribution >= 4 is 0 Å². The highest BCUT2D eigenvalue weighted by molar-refractivity contribution is 5.16. The summed E-state index contributed by atoms with van der Waals surface area (Å²) in [5.74, 6) is 0. The second-order valence-corrected chi connectivity index (χ2v) is 4.21. The van der Waals surface area contributed by atoms with Gasteiger partial charge in [0.15, 0.2) is 0 Å². The summed E-state index contributed by atoms with van der Waals surface area (Å²) in [7, 11) is 0. The summed E-state index contributed by atoms with van der Waals surface area (Å²) in [4.78, 5) is 4.38. The molecule has 0 saturated carbocycles. The van der Waals surface area contributed by atoms with Crippen molar-refractivity contribution < 1.29 is 0 Å². The first-order chi connectivity index (χ1) is 8.90. The Morgan fingerprint density at radius 3 is 2.78 bits per heavy atom. The predicted molar refractivity (Wildman–Crippen MR) is 71.0 cm³/mol. The predicted octanol–water partition coefficient (Wildman–Crippen LogP) is 2.16. The normalized spacial score (nSPS) is 12.3. The van der Waals surface area contributed by atoms with E-state index < -0.39 is 0 Å². The Morgan fingerprint density at radius 2 is 2.11 bits per heavy atom. The third-order valence-corrected chi connectivity index (χ3v) is 2.79. The Hall–Kier alpha value is -1.81. The zero-order valence-electron chi connectivity index (χ0n) is 10.6. The van der Waals surface area contributed by atoms with Crippen LogP contribution in [0, 0.1) is 0 Å². The lowest BCUT2D eigenvalue weighted by molar-refractivity contribution is 0.522. The van der Waals surface area contributed by atoms with Gasteiger partial charge in [0, 0.05) is 30.6 Å². The average Bonchev–Trinajstić information content (AvgIpc) is 2.45. The van der Waals surface area contributed by atoms with Crippen LogP contribution in [0.1, 0.15) is 30.6 Å². The molecule has 2 aromatic rings. The van der Waals surface area contributed by atoms with Crippen LogP contribution in [0.15, 0.2) is 42.9 Å². The highest BCUT2D eigenvalue weighted by Crippen LogP contribution is 2.15. The fourth-order valence-corrected chi connectivity index (χ4v) is 1.86. The first-order valence-corrected chi connectivity index (χ1v) is 6.30. The van der Waals surface area contributed by atoms with Crippen LogP contribution in [0.4, 0.5) is 0 Å². The monoisotopic (exact) mass is 242 g/mol. The SMILES string of the molecule is CCCNC(Cc1ccccn1)c1ccnnc1. The molecule has 0 aromatic carbocycles. The molecule has 94 valence electrons. The smallest absolute Gasteiger partial charge is 0.0544 e. The van der Waals surface area contributed by atoms with Crippen molar-refractivity contribution in [3.8, 4) is 0 Å². The van der Waals surface area contributed by atoms with Gasteiger partial charge in [0.1, 0.15) is 0 Å². The number of nitrogens with zero attached hydrogens (tertiary/aromatic N) is 3. The second-order valence-electron chi connectivity index (χ2n) is 4.21. The summed E-state index contributed by atoms with van der Waals surface area (Å²) < 4.78 is 0. The second kappa shape index (κ2) is 6.81. The number of nitrogens with one attached hydrogen (secondary N) is 1. The molecule has 0 aliphatic heterocycles. The molecule has 0 aliphatic carbocycles. The quantitative estimate of drug-likeness (QED) is 0.843. The largest absolute Gasteiger partial charge is 0.310 e. The van der Waals surface area contributed by atoms with Gasteiger partial charge in [-0.25, -0.2) is 0 Å². The molecule has 0 bridgehead atoms. The standard InChI is InChI=1S/C14H18N4/c1-2-7-16-14(12-6-9-17-18-11-12)10-13-5-3-4-8-15-13/h3-6,8-9,11,14,16H,2,7,10H2,1H3. The number of aromatic nitrogens is 3. The van der Waals surface area contributed by atoms with Crippen molar-refractivity contribution in [1.29, 1.82) is 0 Å². The molecule has 2 heterocycles. The van der Waals surface area contributed by atoms with Crippen molar-refractivity contribution in [1.82, 2.24) is 20.5 Å². The van der Waals surface area contributed by atoms with Gasteiger partial charge in [-0.05, 0) is 36.7 Å². The van der Waals surface area contributed by atoms with Crippen LogP contribution < -0.4 is 5.32 Å². The van der Waals surface area contributed by atoms with Gasteiger partial charge in [-0.15, -0.1) is 0 Å². The molecule has 0 amide bonds. The molecule has 0 spiro atoms. The van der Waals surface area contributed by atoms with Crippen LogP contribution in [0.25, 0.3) is 0 Å². The van der Waals surface area contributed by atoms with Crippen molar-refractivity contribution in [2.45, 2.75) is 25.8 Å². The average molecular weight is 242 g/mol. The Labute approximate surface area is 107 Å². The van der Waals surface area contributed by atoms with E-state index in [0.29, 0.717) is 0 Å². The minimum Gasteiger partial charge on any atom is -0.310 e. The number of rotatable bonds is 6. The Bertz CT molecular complexity index is 444. The van der Waals surface area contributed by atoms with Crippen LogP contribution in [0.5, 0.6) is 0 Å². The van der Waals surface area contributed by atoms with E-state index in [-0.39, 0.29) is 6.04 Å². The fraction of sp³-hybridized carbons (Fsp3) is 0.357. The highest BCUT2D eigenvalue weighted by atomic mass is 15.1. The molecular weight excluding hydrogens is 224 g/mol. The van der Waals surface area contributed by atoms with E-state index in [9.17, 15) is 0 Å². The van der Waals surface area contributed by atoms with E-state index in [0.717, 1.165) is 30.6 Å². The Balaban J connectivity index is 2.10. The summed E-state index contributed by atoms with van der Waals surface area (Å²) in [6.07, 6.45) is 7.35. The van der Waals surface area contributed by atoms with E-state index in [1.54, 1.807) is 6.20 Å². The number of hydrogen-bond donors (Lipinski definition) is 1. The minimum absolute atomic E-state index is 0.246. The van der Waals surface area contributed by atoms with Crippen molar-refractivity contribution in [2.75, 3.05) is 6.54 Å². The fourth-order valence-electron chi connectivity index (χ4n) is 1.86. The molecule has 1 unspecified atom stereocenters. The first-order valence-electron chi connectivity index (χ1n) is 6.30. The van der Waals surface area contributed by atoms with E-state index in [1.807, 2.05) is 30.6 Å². The maximum atomic E-state index is 4.38. The Morgan fingerprint density at radius 1 is 1.17 bits per heavy atom. The molecule has 0 fully saturated rings. The molecule has 4 heteroatoms. The number of hydrogen-bond acceptors (Lipinski definition) is 4. The van der Waals surface area contributed by atoms with Crippen molar-refractivity contribution in [3.63, 3.8) is 0 Å². The summed E-state index contributed by atoms with van der Waals surface area (Å²) >= 11 is 0. The summed E-state index contributed by atoms with van der Waals surface area (Å²) in [5.41, 5.74) is 2.24. The lowest BCUT2D eigenvalue weighted by atomic mass is 10.0. The van der Waals surface area contributed by atoms with E-state index in [4.69, 9.17) is 0 Å². The van der Waals surface area contributed by atoms with Crippen molar-refractivity contribution in [3.05, 3.63) is 54.1 Å². The molecule has 2 aromatic heterocycles. The maximum absolute atomic E-state index is 4.38. The van der Waals surface area contributed by atoms with Gasteiger partial charge >= 0.3 is 0 Å². The van der Waals surface area contributed by atoms with Gasteiger partial charge in [0.2, 0.25) is 0 Å². The lowest BCUT2D eigenvalue weighted by Gasteiger charge is -2.17. The summed E-state index contributed by atoms with van der Waals surface area (Å²) in [6, 6.07) is 8.25. The molecular formula is C14H18N4. The maximum Gasteiger partial charge on any atom is 0.0544 e. The highest BCUT2D eigenvalue weighted by Gasteiger charge is 2.12. The van der Waals surface area contributed by atoms with Crippen LogP contribution in [0.3, 0.4) is 0 Å². The summed E-state index contributed by atoms with van der Waals surface area (Å²) in [6.45, 7) is 3.15. The molecule has 0 radical (unpaired) electrons. The Kier molecular flexibility index (Phi) is 4.78. The van der Waals surface area contributed by atoms with Gasteiger partial charge in [-0.2, -0.15) is 10.2 Å². The van der Waals surface area contributed by atoms with Gasteiger partial charge < -0.3 is 5.32 Å². The van der Waals surface area contributed by atoms with Crippen LogP contribution in [-0.4, -0.2) is 21.7 Å². The zero-order chi connectivity index (χ0) is 12.6. The van der Waals surface area contributed by atoms with Crippen LogP contribution >= 0.6 is 0 Å². The van der Waals surface area contributed by atoms with Gasteiger partial charge in [0.25, 0.3) is 0 Å². The van der Waals surface area contributed by atoms with Gasteiger partial charge in [0.05, 0.1) is 6.20 Å².